The Kier molecular flexibility index (Phi) is 3.87. The standard InChI is InChI=1S/C15H13N5O2S2/c1-9-11(4-6-21-9)13-18-19-15(20(13)16)24-8-10-7-23-14(17-10)12-3-2-5-22-12/h2-7H,8,16H2,1H3. The number of thioether (sulfide) groups is 1. The molecule has 9 heteroatoms. The molecule has 4 aromatic rings. The number of aryl methyl sites for hydroxylation is 1. The summed E-state index contributed by atoms with van der Waals surface area (Å²) >= 11 is 3.03. The Morgan fingerprint density at radius 2 is 2.17 bits per heavy atom. The zero-order valence-corrected chi connectivity index (χ0v) is 14.3. The van der Waals surface area contributed by atoms with Crippen LogP contribution < -0.4 is 5.84 Å². The molecular weight excluding hydrogens is 346 g/mol. The van der Waals surface area contributed by atoms with Crippen molar-refractivity contribution in [1.29, 1.82) is 0 Å². The predicted molar refractivity (Wildman–Crippen MR) is 92.0 cm³/mol. The molecule has 4 heterocycles. The third-order valence-corrected chi connectivity index (χ3v) is 5.28. The summed E-state index contributed by atoms with van der Waals surface area (Å²) in [5.41, 5.74) is 1.78. The van der Waals surface area contributed by atoms with E-state index in [2.05, 4.69) is 15.2 Å². The summed E-state index contributed by atoms with van der Waals surface area (Å²) in [5, 5.41) is 11.8. The summed E-state index contributed by atoms with van der Waals surface area (Å²) < 4.78 is 12.1. The average molecular weight is 359 g/mol. The first kappa shape index (κ1) is 15.0. The quantitative estimate of drug-likeness (QED) is 0.430. The number of thiazole rings is 1. The minimum atomic E-state index is 0.582. The number of furan rings is 2. The van der Waals surface area contributed by atoms with Crippen LogP contribution >= 0.6 is 23.1 Å². The average Bonchev–Trinajstić information content (AvgIpc) is 3.33. The fraction of sp³-hybridized carbons (Fsp3) is 0.133. The van der Waals surface area contributed by atoms with Crippen LogP contribution in [0.15, 0.2) is 50.1 Å². The lowest BCUT2D eigenvalue weighted by atomic mass is 10.2. The molecule has 24 heavy (non-hydrogen) atoms. The van der Waals surface area contributed by atoms with Gasteiger partial charge in [-0.1, -0.05) is 11.8 Å². The van der Waals surface area contributed by atoms with E-state index in [4.69, 9.17) is 14.7 Å². The van der Waals surface area contributed by atoms with Crippen molar-refractivity contribution in [2.24, 2.45) is 0 Å². The van der Waals surface area contributed by atoms with Gasteiger partial charge in [0.25, 0.3) is 0 Å². The zero-order chi connectivity index (χ0) is 16.5. The van der Waals surface area contributed by atoms with Crippen molar-refractivity contribution >= 4 is 23.1 Å². The van der Waals surface area contributed by atoms with Crippen LogP contribution in [-0.4, -0.2) is 19.9 Å². The Balaban J connectivity index is 1.49. The summed E-state index contributed by atoms with van der Waals surface area (Å²) in [6, 6.07) is 5.57. The largest absolute Gasteiger partial charge is 0.469 e. The summed E-state index contributed by atoms with van der Waals surface area (Å²) in [7, 11) is 0. The number of aromatic nitrogens is 4. The molecule has 0 atom stereocenters. The first-order valence-corrected chi connectivity index (χ1v) is 8.95. The Labute approximate surface area is 145 Å². The molecule has 0 saturated carbocycles. The molecule has 2 N–H and O–H groups in total. The first-order valence-electron chi connectivity index (χ1n) is 7.08. The second-order valence-corrected chi connectivity index (χ2v) is 6.78. The molecule has 0 bridgehead atoms. The maximum absolute atomic E-state index is 6.11. The highest BCUT2D eigenvalue weighted by Crippen LogP contribution is 2.29. The van der Waals surface area contributed by atoms with Gasteiger partial charge in [-0.3, -0.25) is 0 Å². The van der Waals surface area contributed by atoms with Gasteiger partial charge in [-0.2, -0.15) is 0 Å². The van der Waals surface area contributed by atoms with Crippen LogP contribution in [0.3, 0.4) is 0 Å². The lowest BCUT2D eigenvalue weighted by molar-refractivity contribution is 0.535. The number of nitrogens with two attached hydrogens (primary N) is 1. The molecule has 0 unspecified atom stereocenters. The molecule has 0 saturated heterocycles. The fourth-order valence-electron chi connectivity index (χ4n) is 2.20. The number of hydrogen-bond donors (Lipinski definition) is 1. The van der Waals surface area contributed by atoms with Crippen LogP contribution in [-0.2, 0) is 5.75 Å². The van der Waals surface area contributed by atoms with Crippen molar-refractivity contribution in [2.45, 2.75) is 17.8 Å². The van der Waals surface area contributed by atoms with Gasteiger partial charge in [-0.15, -0.1) is 21.5 Å². The van der Waals surface area contributed by atoms with Crippen LogP contribution in [0.5, 0.6) is 0 Å². The highest BCUT2D eigenvalue weighted by molar-refractivity contribution is 7.98. The normalized spacial score (nSPS) is 11.2. The second-order valence-electron chi connectivity index (χ2n) is 4.98. The van der Waals surface area contributed by atoms with Crippen LogP contribution in [0.1, 0.15) is 11.5 Å². The third-order valence-electron chi connectivity index (χ3n) is 3.40. The van der Waals surface area contributed by atoms with Crippen molar-refractivity contribution < 1.29 is 8.83 Å². The summed E-state index contributed by atoms with van der Waals surface area (Å²) in [6.07, 6.45) is 3.25. The SMILES string of the molecule is Cc1occc1-c1nnc(SCc2csc(-c3ccco3)n2)n1N. The highest BCUT2D eigenvalue weighted by atomic mass is 32.2. The van der Waals surface area contributed by atoms with Crippen LogP contribution in [0.2, 0.25) is 0 Å². The van der Waals surface area contributed by atoms with Gasteiger partial charge in [0.15, 0.2) is 16.6 Å². The van der Waals surface area contributed by atoms with Gasteiger partial charge < -0.3 is 14.7 Å². The van der Waals surface area contributed by atoms with E-state index in [1.807, 2.05) is 30.5 Å². The van der Waals surface area contributed by atoms with Gasteiger partial charge in [0, 0.05) is 11.1 Å². The molecule has 0 aromatic carbocycles. The topological polar surface area (TPSA) is 95.9 Å². The maximum Gasteiger partial charge on any atom is 0.210 e. The zero-order valence-electron chi connectivity index (χ0n) is 12.7. The lowest BCUT2D eigenvalue weighted by Gasteiger charge is -2.01. The molecule has 122 valence electrons. The molecule has 0 aliphatic rings. The van der Waals surface area contributed by atoms with E-state index in [1.165, 1.54) is 16.4 Å². The van der Waals surface area contributed by atoms with E-state index in [9.17, 15) is 0 Å². The number of nitrogen functional groups attached to an aromatic ring is 1. The Bertz CT molecular complexity index is 955. The fourth-order valence-corrected chi connectivity index (χ4v) is 3.84. The number of rotatable bonds is 5. The van der Waals surface area contributed by atoms with E-state index in [0.717, 1.165) is 27.8 Å². The maximum atomic E-state index is 6.11. The third kappa shape index (κ3) is 2.72. The molecular formula is C15H13N5O2S2. The van der Waals surface area contributed by atoms with Crippen molar-refractivity contribution in [3.8, 4) is 22.2 Å². The molecule has 4 aromatic heterocycles. The monoisotopic (exact) mass is 359 g/mol. The molecule has 4 rings (SSSR count). The van der Waals surface area contributed by atoms with Gasteiger partial charge in [0.1, 0.15) is 5.76 Å². The van der Waals surface area contributed by atoms with E-state index in [1.54, 1.807) is 23.9 Å². The minimum Gasteiger partial charge on any atom is -0.469 e. The lowest BCUT2D eigenvalue weighted by Crippen LogP contribution is -2.11. The van der Waals surface area contributed by atoms with Crippen LogP contribution in [0.4, 0.5) is 0 Å². The summed E-state index contributed by atoms with van der Waals surface area (Å²) in [5.74, 6) is 8.87. The second kappa shape index (κ2) is 6.17. The first-order chi connectivity index (χ1) is 11.7. The summed E-state index contributed by atoms with van der Waals surface area (Å²) in [6.45, 7) is 1.86. The summed E-state index contributed by atoms with van der Waals surface area (Å²) in [4.78, 5) is 4.56. The van der Waals surface area contributed by atoms with Crippen molar-refractivity contribution in [2.75, 3.05) is 5.84 Å². The molecule has 7 nitrogen and oxygen atoms in total. The van der Waals surface area contributed by atoms with E-state index in [0.29, 0.717) is 16.7 Å². The van der Waals surface area contributed by atoms with Gasteiger partial charge in [0.05, 0.1) is 23.8 Å². The molecule has 0 aliphatic heterocycles. The Morgan fingerprint density at radius 3 is 2.92 bits per heavy atom. The van der Waals surface area contributed by atoms with Gasteiger partial charge in [-0.25, -0.2) is 9.66 Å². The predicted octanol–water partition coefficient (Wildman–Crippen LogP) is 3.57. The Morgan fingerprint density at radius 1 is 1.25 bits per heavy atom. The highest BCUT2D eigenvalue weighted by Gasteiger charge is 2.16. The van der Waals surface area contributed by atoms with Crippen LogP contribution in [0, 0.1) is 6.92 Å². The molecule has 0 amide bonds. The van der Waals surface area contributed by atoms with Crippen LogP contribution in [0.25, 0.3) is 22.2 Å². The van der Waals surface area contributed by atoms with Crippen molar-refractivity contribution in [3.05, 3.63) is 47.6 Å². The molecule has 0 fully saturated rings. The number of hydrogen-bond acceptors (Lipinski definition) is 8. The van der Waals surface area contributed by atoms with Gasteiger partial charge in [-0.05, 0) is 25.1 Å². The Hall–Kier alpha value is -2.52. The van der Waals surface area contributed by atoms with Gasteiger partial charge >= 0.3 is 0 Å². The van der Waals surface area contributed by atoms with E-state index >= 15 is 0 Å². The number of nitrogens with zero attached hydrogens (tertiary/aromatic N) is 4. The molecule has 0 radical (unpaired) electrons. The van der Waals surface area contributed by atoms with E-state index < -0.39 is 0 Å². The van der Waals surface area contributed by atoms with Crippen molar-refractivity contribution in [3.63, 3.8) is 0 Å². The molecule has 0 aliphatic carbocycles. The van der Waals surface area contributed by atoms with Gasteiger partial charge in [0.2, 0.25) is 5.16 Å². The van der Waals surface area contributed by atoms with E-state index in [-0.39, 0.29) is 0 Å². The smallest absolute Gasteiger partial charge is 0.210 e. The molecule has 0 spiro atoms. The van der Waals surface area contributed by atoms with Crippen molar-refractivity contribution in [1.82, 2.24) is 19.9 Å². The minimum absolute atomic E-state index is 0.582.